The molecule has 0 aromatic carbocycles. The number of thiophene rings is 1. The van der Waals surface area contributed by atoms with Gasteiger partial charge in [-0.15, -0.1) is 11.3 Å². The van der Waals surface area contributed by atoms with Crippen LogP contribution in [0.5, 0.6) is 0 Å². The van der Waals surface area contributed by atoms with Gasteiger partial charge in [-0.05, 0) is 40.8 Å². The van der Waals surface area contributed by atoms with Gasteiger partial charge in [0.05, 0.1) is 6.61 Å². The zero-order chi connectivity index (χ0) is 12.3. The van der Waals surface area contributed by atoms with Gasteiger partial charge in [0.15, 0.2) is 0 Å². The molecule has 1 aromatic rings. The maximum Gasteiger partial charge on any atom is 0.0613 e. The number of hydrogen-bond acceptors (Lipinski definition) is 3. The lowest BCUT2D eigenvalue weighted by atomic mass is 9.77. The predicted molar refractivity (Wildman–Crippen MR) is 76.3 cm³/mol. The molecular weight excluding hydrogens is 298 g/mol. The van der Waals surface area contributed by atoms with E-state index in [1.807, 2.05) is 0 Å². The van der Waals surface area contributed by atoms with Crippen LogP contribution in [0.1, 0.15) is 37.5 Å². The minimum atomic E-state index is -0.0475. The van der Waals surface area contributed by atoms with E-state index in [4.69, 9.17) is 0 Å². The van der Waals surface area contributed by atoms with E-state index in [1.54, 1.807) is 11.3 Å². The average Bonchev–Trinajstić information content (AvgIpc) is 2.73. The van der Waals surface area contributed by atoms with Gasteiger partial charge in [-0.2, -0.15) is 0 Å². The fourth-order valence-corrected chi connectivity index (χ4v) is 4.13. The zero-order valence-electron chi connectivity index (χ0n) is 10.2. The van der Waals surface area contributed by atoms with Gasteiger partial charge < -0.3 is 10.4 Å². The highest BCUT2D eigenvalue weighted by Crippen LogP contribution is 2.32. The van der Waals surface area contributed by atoms with Crippen LogP contribution < -0.4 is 5.32 Å². The van der Waals surface area contributed by atoms with E-state index < -0.39 is 0 Å². The Morgan fingerprint density at radius 3 is 3.06 bits per heavy atom. The molecule has 2 atom stereocenters. The molecule has 2 unspecified atom stereocenters. The summed E-state index contributed by atoms with van der Waals surface area (Å²) in [5, 5.41) is 15.4. The van der Waals surface area contributed by atoms with Gasteiger partial charge >= 0.3 is 0 Å². The molecule has 2 nitrogen and oxygen atoms in total. The molecule has 17 heavy (non-hydrogen) atoms. The lowest BCUT2D eigenvalue weighted by molar-refractivity contribution is 0.0985. The summed E-state index contributed by atoms with van der Waals surface area (Å²) >= 11 is 5.23. The highest BCUT2D eigenvalue weighted by Gasteiger charge is 2.33. The summed E-state index contributed by atoms with van der Waals surface area (Å²) in [5.74, 6) is 0.721. The highest BCUT2D eigenvalue weighted by atomic mass is 79.9. The molecule has 1 aliphatic carbocycles. The maximum atomic E-state index is 9.67. The number of aliphatic hydroxyl groups is 1. The minimum Gasteiger partial charge on any atom is -0.394 e. The third kappa shape index (κ3) is 3.53. The van der Waals surface area contributed by atoms with E-state index in [0.717, 1.165) is 29.8 Å². The third-order valence-electron chi connectivity index (χ3n) is 3.65. The van der Waals surface area contributed by atoms with Crippen LogP contribution in [0, 0.1) is 5.92 Å². The van der Waals surface area contributed by atoms with Gasteiger partial charge in [-0.25, -0.2) is 0 Å². The largest absolute Gasteiger partial charge is 0.394 e. The first-order valence-electron chi connectivity index (χ1n) is 6.22. The molecule has 1 fully saturated rings. The summed E-state index contributed by atoms with van der Waals surface area (Å²) in [4.78, 5) is 1.32. The van der Waals surface area contributed by atoms with Crippen LogP contribution >= 0.6 is 27.3 Å². The molecule has 0 spiro atoms. The van der Waals surface area contributed by atoms with Crippen molar-refractivity contribution in [2.45, 2.75) is 44.7 Å². The summed E-state index contributed by atoms with van der Waals surface area (Å²) in [7, 11) is 0. The topological polar surface area (TPSA) is 32.3 Å². The molecule has 0 saturated heterocycles. The minimum absolute atomic E-state index is 0.0475. The van der Waals surface area contributed by atoms with Crippen LogP contribution in [0.25, 0.3) is 0 Å². The molecule has 2 rings (SSSR count). The van der Waals surface area contributed by atoms with E-state index in [9.17, 15) is 5.11 Å². The number of nitrogens with one attached hydrogen (secondary N) is 1. The second kappa shape index (κ2) is 5.83. The number of hydrogen-bond donors (Lipinski definition) is 2. The standard InChI is InChI=1S/C13H20BrNOS/c1-10-3-2-4-13(6-10,9-16)15-7-12-5-11(14)8-17-12/h5,8,10,15-16H,2-4,6-7,9H2,1H3. The van der Waals surface area contributed by atoms with E-state index in [-0.39, 0.29) is 12.1 Å². The molecule has 0 radical (unpaired) electrons. The number of rotatable bonds is 4. The number of halogens is 1. The summed E-state index contributed by atoms with van der Waals surface area (Å²) in [6.07, 6.45) is 4.72. The van der Waals surface area contributed by atoms with Gasteiger partial charge in [0.1, 0.15) is 0 Å². The maximum absolute atomic E-state index is 9.67. The van der Waals surface area contributed by atoms with Crippen molar-refractivity contribution in [1.29, 1.82) is 0 Å². The molecule has 0 bridgehead atoms. The molecule has 0 amide bonds. The normalized spacial score (nSPS) is 29.5. The van der Waals surface area contributed by atoms with Crippen molar-refractivity contribution in [3.8, 4) is 0 Å². The first-order chi connectivity index (χ1) is 8.13. The van der Waals surface area contributed by atoms with Crippen molar-refractivity contribution in [3.63, 3.8) is 0 Å². The van der Waals surface area contributed by atoms with E-state index >= 15 is 0 Å². The van der Waals surface area contributed by atoms with Crippen molar-refractivity contribution in [2.75, 3.05) is 6.61 Å². The molecule has 1 aromatic heterocycles. The fourth-order valence-electron chi connectivity index (χ4n) is 2.74. The van der Waals surface area contributed by atoms with Crippen LogP contribution in [-0.2, 0) is 6.54 Å². The Morgan fingerprint density at radius 2 is 2.47 bits per heavy atom. The van der Waals surface area contributed by atoms with Gasteiger partial charge in [0.2, 0.25) is 0 Å². The molecule has 1 heterocycles. The Morgan fingerprint density at radius 1 is 1.65 bits per heavy atom. The lowest BCUT2D eigenvalue weighted by Crippen LogP contribution is -2.50. The molecule has 1 aliphatic rings. The Hall–Kier alpha value is 0.1000. The Bertz CT molecular complexity index is 368. The van der Waals surface area contributed by atoms with Gasteiger partial charge in [-0.3, -0.25) is 0 Å². The van der Waals surface area contributed by atoms with Gasteiger partial charge in [0, 0.05) is 26.8 Å². The summed E-state index contributed by atoms with van der Waals surface area (Å²) in [5.41, 5.74) is -0.0475. The molecule has 0 aliphatic heterocycles. The van der Waals surface area contributed by atoms with Crippen molar-refractivity contribution in [2.24, 2.45) is 5.92 Å². The Kier molecular flexibility index (Phi) is 4.64. The Balaban J connectivity index is 1.94. The second-order valence-corrected chi connectivity index (χ2v) is 7.14. The fraction of sp³-hybridized carbons (Fsp3) is 0.692. The van der Waals surface area contributed by atoms with Crippen molar-refractivity contribution < 1.29 is 5.11 Å². The second-order valence-electron chi connectivity index (χ2n) is 5.22. The molecule has 4 heteroatoms. The summed E-state index contributed by atoms with van der Waals surface area (Å²) < 4.78 is 1.15. The van der Waals surface area contributed by atoms with E-state index in [2.05, 4.69) is 39.6 Å². The molecule has 2 N–H and O–H groups in total. The van der Waals surface area contributed by atoms with E-state index in [1.165, 1.54) is 17.7 Å². The van der Waals surface area contributed by atoms with E-state index in [0.29, 0.717) is 0 Å². The van der Waals surface area contributed by atoms with Crippen LogP contribution in [0.4, 0.5) is 0 Å². The zero-order valence-corrected chi connectivity index (χ0v) is 12.6. The van der Waals surface area contributed by atoms with Crippen LogP contribution in [0.3, 0.4) is 0 Å². The highest BCUT2D eigenvalue weighted by molar-refractivity contribution is 9.10. The van der Waals surface area contributed by atoms with Crippen LogP contribution in [-0.4, -0.2) is 17.3 Å². The summed E-state index contributed by atoms with van der Waals surface area (Å²) in [6, 6.07) is 2.15. The summed E-state index contributed by atoms with van der Waals surface area (Å²) in [6.45, 7) is 3.40. The van der Waals surface area contributed by atoms with Crippen LogP contribution in [0.15, 0.2) is 15.9 Å². The first kappa shape index (κ1) is 13.5. The SMILES string of the molecule is CC1CCCC(CO)(NCc2cc(Br)cs2)C1. The van der Waals surface area contributed by atoms with Crippen molar-refractivity contribution >= 4 is 27.3 Å². The van der Waals surface area contributed by atoms with Gasteiger partial charge in [0.25, 0.3) is 0 Å². The Labute approximate surface area is 116 Å². The molecule has 1 saturated carbocycles. The monoisotopic (exact) mass is 317 g/mol. The smallest absolute Gasteiger partial charge is 0.0613 e. The number of aliphatic hydroxyl groups excluding tert-OH is 1. The van der Waals surface area contributed by atoms with Gasteiger partial charge in [-0.1, -0.05) is 19.8 Å². The third-order valence-corrected chi connectivity index (χ3v) is 5.35. The van der Waals surface area contributed by atoms with Crippen molar-refractivity contribution in [1.82, 2.24) is 5.32 Å². The lowest BCUT2D eigenvalue weighted by Gasteiger charge is -2.39. The predicted octanol–water partition coefficient (Wildman–Crippen LogP) is 3.54. The first-order valence-corrected chi connectivity index (χ1v) is 7.90. The van der Waals surface area contributed by atoms with Crippen LogP contribution in [0.2, 0.25) is 0 Å². The quantitative estimate of drug-likeness (QED) is 0.890. The van der Waals surface area contributed by atoms with Crippen molar-refractivity contribution in [3.05, 3.63) is 20.8 Å². The molecular formula is C13H20BrNOS. The molecule has 96 valence electrons. The average molecular weight is 318 g/mol.